The largest absolute Gasteiger partial charge is 0.393 e. The lowest BCUT2D eigenvalue weighted by Gasteiger charge is -2.20. The summed E-state index contributed by atoms with van der Waals surface area (Å²) in [5.74, 6) is 0. The van der Waals surface area contributed by atoms with Crippen LogP contribution in [0.25, 0.3) is 0 Å². The van der Waals surface area contributed by atoms with Crippen LogP contribution >= 0.6 is 0 Å². The van der Waals surface area contributed by atoms with Crippen LogP contribution in [0.4, 0.5) is 5.69 Å². The van der Waals surface area contributed by atoms with Crippen LogP contribution in [0.15, 0.2) is 17.1 Å². The van der Waals surface area contributed by atoms with Gasteiger partial charge in [-0.2, -0.15) is 5.10 Å². The van der Waals surface area contributed by atoms with Crippen molar-refractivity contribution < 1.29 is 5.11 Å². The Hall–Kier alpha value is -1.36. The van der Waals surface area contributed by atoms with Crippen LogP contribution in [0.1, 0.15) is 33.6 Å². The van der Waals surface area contributed by atoms with Crippen LogP contribution in [-0.2, 0) is 6.54 Å². The number of aryl methyl sites for hydroxylation is 1. The van der Waals surface area contributed by atoms with Crippen LogP contribution in [-0.4, -0.2) is 34.1 Å². The zero-order valence-corrected chi connectivity index (χ0v) is 11.5. The molecule has 1 aromatic rings. The van der Waals surface area contributed by atoms with E-state index in [0.29, 0.717) is 13.0 Å². The van der Waals surface area contributed by atoms with E-state index in [-0.39, 0.29) is 11.7 Å². The van der Waals surface area contributed by atoms with Crippen molar-refractivity contribution in [1.29, 1.82) is 0 Å². The molecule has 1 heterocycles. The Balaban J connectivity index is 2.70. The van der Waals surface area contributed by atoms with Gasteiger partial charge in [0.15, 0.2) is 0 Å². The summed E-state index contributed by atoms with van der Waals surface area (Å²) in [4.78, 5) is 14.0. The molecule has 0 aliphatic carbocycles. The first kappa shape index (κ1) is 14.7. The van der Waals surface area contributed by atoms with Crippen molar-refractivity contribution in [2.75, 3.05) is 18.0 Å². The van der Waals surface area contributed by atoms with Crippen molar-refractivity contribution in [1.82, 2.24) is 9.78 Å². The lowest BCUT2D eigenvalue weighted by Crippen LogP contribution is -2.28. The van der Waals surface area contributed by atoms with E-state index >= 15 is 0 Å². The highest BCUT2D eigenvalue weighted by Gasteiger charge is 2.05. The smallest absolute Gasteiger partial charge is 0.268 e. The maximum Gasteiger partial charge on any atom is 0.268 e. The molecule has 0 saturated heterocycles. The molecule has 5 heteroatoms. The Kier molecular flexibility index (Phi) is 5.85. The Labute approximate surface area is 108 Å². The molecule has 102 valence electrons. The molecule has 0 radical (unpaired) electrons. The van der Waals surface area contributed by atoms with Crippen molar-refractivity contribution >= 4 is 5.69 Å². The van der Waals surface area contributed by atoms with Gasteiger partial charge in [0.25, 0.3) is 5.56 Å². The maximum atomic E-state index is 11.9. The number of anilines is 1. The minimum Gasteiger partial charge on any atom is -0.393 e. The van der Waals surface area contributed by atoms with Gasteiger partial charge in [-0.25, -0.2) is 4.68 Å². The second kappa shape index (κ2) is 7.16. The molecule has 0 amide bonds. The maximum absolute atomic E-state index is 11.9. The van der Waals surface area contributed by atoms with Gasteiger partial charge in [0, 0.05) is 25.7 Å². The monoisotopic (exact) mass is 253 g/mol. The summed E-state index contributed by atoms with van der Waals surface area (Å²) < 4.78 is 1.45. The van der Waals surface area contributed by atoms with Gasteiger partial charge in [-0.15, -0.1) is 0 Å². The Morgan fingerprint density at radius 1 is 1.44 bits per heavy atom. The predicted molar refractivity (Wildman–Crippen MR) is 73.0 cm³/mol. The van der Waals surface area contributed by atoms with Crippen LogP contribution in [0.5, 0.6) is 0 Å². The standard InChI is InChI=1S/C13H23N3O2/c1-4-15(5-2)12-9-13(18)16(14-10-12)8-6-7-11(3)17/h9-11,17H,4-8H2,1-3H3. The van der Waals surface area contributed by atoms with Crippen LogP contribution in [0.3, 0.4) is 0 Å². The van der Waals surface area contributed by atoms with Crippen molar-refractivity contribution in [2.45, 2.75) is 46.3 Å². The molecular weight excluding hydrogens is 230 g/mol. The molecule has 0 saturated carbocycles. The highest BCUT2D eigenvalue weighted by atomic mass is 16.3. The summed E-state index contributed by atoms with van der Waals surface area (Å²) in [5, 5.41) is 13.3. The first-order valence-electron chi connectivity index (χ1n) is 6.58. The summed E-state index contributed by atoms with van der Waals surface area (Å²) in [6.07, 6.45) is 2.85. The Morgan fingerprint density at radius 3 is 2.61 bits per heavy atom. The molecule has 1 aromatic heterocycles. The van der Waals surface area contributed by atoms with Gasteiger partial charge < -0.3 is 10.0 Å². The normalized spacial score (nSPS) is 12.4. The van der Waals surface area contributed by atoms with Crippen LogP contribution in [0, 0.1) is 0 Å². The Morgan fingerprint density at radius 2 is 2.11 bits per heavy atom. The second-order valence-electron chi connectivity index (χ2n) is 4.44. The summed E-state index contributed by atoms with van der Waals surface area (Å²) in [6.45, 7) is 8.14. The third kappa shape index (κ3) is 4.14. The third-order valence-corrected chi connectivity index (χ3v) is 2.98. The van der Waals surface area contributed by atoms with E-state index in [1.54, 1.807) is 19.2 Å². The fraction of sp³-hybridized carbons (Fsp3) is 0.692. The molecule has 18 heavy (non-hydrogen) atoms. The van der Waals surface area contributed by atoms with Gasteiger partial charge in [-0.05, 0) is 33.6 Å². The first-order chi connectivity index (χ1) is 8.58. The molecule has 0 fully saturated rings. The molecular formula is C13H23N3O2. The van der Waals surface area contributed by atoms with Crippen LogP contribution < -0.4 is 10.5 Å². The minimum atomic E-state index is -0.323. The van der Waals surface area contributed by atoms with Crippen molar-refractivity contribution in [2.24, 2.45) is 0 Å². The molecule has 0 aliphatic heterocycles. The lowest BCUT2D eigenvalue weighted by atomic mass is 10.2. The lowest BCUT2D eigenvalue weighted by molar-refractivity contribution is 0.178. The first-order valence-corrected chi connectivity index (χ1v) is 6.58. The van der Waals surface area contributed by atoms with E-state index in [4.69, 9.17) is 5.11 Å². The van der Waals surface area contributed by atoms with E-state index in [0.717, 1.165) is 25.2 Å². The molecule has 1 rings (SSSR count). The molecule has 1 N–H and O–H groups in total. The molecule has 0 spiro atoms. The van der Waals surface area contributed by atoms with E-state index in [1.165, 1.54) is 4.68 Å². The number of aromatic nitrogens is 2. The van der Waals surface area contributed by atoms with Crippen molar-refractivity contribution in [3.05, 3.63) is 22.6 Å². The third-order valence-electron chi connectivity index (χ3n) is 2.98. The number of hydrogen-bond donors (Lipinski definition) is 1. The fourth-order valence-corrected chi connectivity index (χ4v) is 1.89. The van der Waals surface area contributed by atoms with Gasteiger partial charge >= 0.3 is 0 Å². The van der Waals surface area contributed by atoms with Gasteiger partial charge in [0.05, 0.1) is 18.0 Å². The summed E-state index contributed by atoms with van der Waals surface area (Å²) in [7, 11) is 0. The topological polar surface area (TPSA) is 58.4 Å². The number of hydrogen-bond acceptors (Lipinski definition) is 4. The summed E-state index contributed by atoms with van der Waals surface area (Å²) in [5.41, 5.74) is 0.793. The number of nitrogens with zero attached hydrogens (tertiary/aromatic N) is 3. The fourth-order valence-electron chi connectivity index (χ4n) is 1.89. The average Bonchev–Trinajstić information content (AvgIpc) is 2.33. The van der Waals surface area contributed by atoms with E-state index < -0.39 is 0 Å². The SMILES string of the molecule is CCN(CC)c1cnn(CCCC(C)O)c(=O)c1. The molecule has 0 bridgehead atoms. The number of rotatable bonds is 7. The van der Waals surface area contributed by atoms with Crippen molar-refractivity contribution in [3.63, 3.8) is 0 Å². The number of aliphatic hydroxyl groups is 1. The molecule has 5 nitrogen and oxygen atoms in total. The summed E-state index contributed by atoms with van der Waals surface area (Å²) in [6, 6.07) is 1.63. The zero-order valence-electron chi connectivity index (χ0n) is 11.5. The van der Waals surface area contributed by atoms with E-state index in [2.05, 4.69) is 23.8 Å². The highest BCUT2D eigenvalue weighted by molar-refractivity contribution is 5.42. The molecule has 0 aliphatic rings. The second-order valence-corrected chi connectivity index (χ2v) is 4.44. The highest BCUT2D eigenvalue weighted by Crippen LogP contribution is 2.08. The quantitative estimate of drug-likeness (QED) is 0.794. The van der Waals surface area contributed by atoms with Crippen LogP contribution in [0.2, 0.25) is 0 Å². The van der Waals surface area contributed by atoms with E-state index in [9.17, 15) is 4.79 Å². The van der Waals surface area contributed by atoms with Gasteiger partial charge in [-0.3, -0.25) is 4.79 Å². The molecule has 1 unspecified atom stereocenters. The minimum absolute atomic E-state index is 0.0787. The van der Waals surface area contributed by atoms with E-state index in [1.807, 2.05) is 0 Å². The molecule has 1 atom stereocenters. The van der Waals surface area contributed by atoms with Gasteiger partial charge in [0.2, 0.25) is 0 Å². The summed E-state index contributed by atoms with van der Waals surface area (Å²) >= 11 is 0. The van der Waals surface area contributed by atoms with Gasteiger partial charge in [-0.1, -0.05) is 0 Å². The number of aliphatic hydroxyl groups excluding tert-OH is 1. The predicted octanol–water partition coefficient (Wildman–Crippen LogP) is 1.25. The van der Waals surface area contributed by atoms with Gasteiger partial charge in [0.1, 0.15) is 0 Å². The molecule has 0 aromatic carbocycles. The van der Waals surface area contributed by atoms with Crippen molar-refractivity contribution in [3.8, 4) is 0 Å². The Bertz CT molecular complexity index is 411. The average molecular weight is 253 g/mol. The zero-order chi connectivity index (χ0) is 13.5.